The number of benzene rings is 4. The standard InChI is InChI=1S/C43H43ClN4O7/c44-24-23-33(28-8-3-1-4-9-28)39(29-13-17-31(49)18-14-29)30-15-19-32(20-16-30)55-27-26-46-37(50)12-5-2-6-25-45-35-11-7-10-34-40(35)43(54)48(42(34)53)36-21-22-38(51)47-41(36)52/h1,3-4,7-11,13-20,36,45,49H,2,5-6,12,21-27H2,(H,46,50)(H,47,51,52). The number of hydrogen-bond donors (Lipinski definition) is 4. The van der Waals surface area contributed by atoms with E-state index in [1.165, 1.54) is 0 Å². The molecule has 12 heteroatoms. The van der Waals surface area contributed by atoms with E-state index in [2.05, 4.69) is 28.1 Å². The van der Waals surface area contributed by atoms with Gasteiger partial charge in [0, 0.05) is 31.0 Å². The first-order valence-corrected chi connectivity index (χ1v) is 19.0. The molecule has 1 unspecified atom stereocenters. The largest absolute Gasteiger partial charge is 0.508 e. The van der Waals surface area contributed by atoms with Crippen LogP contribution < -0.4 is 20.7 Å². The fraction of sp³-hybridized carbons (Fsp3) is 0.279. The predicted octanol–water partition coefficient (Wildman–Crippen LogP) is 6.55. The number of carbonyl (C=O) groups is 5. The predicted molar refractivity (Wildman–Crippen MR) is 211 cm³/mol. The number of phenols is 1. The van der Waals surface area contributed by atoms with E-state index in [0.29, 0.717) is 56.3 Å². The molecule has 0 aliphatic carbocycles. The number of hydrogen-bond acceptors (Lipinski definition) is 8. The number of nitrogens with one attached hydrogen (secondary N) is 3. The molecule has 0 spiro atoms. The molecule has 0 aromatic heterocycles. The third-order valence-corrected chi connectivity index (χ3v) is 9.81. The number of carbonyl (C=O) groups excluding carboxylic acids is 5. The van der Waals surface area contributed by atoms with Crippen molar-refractivity contribution < 1.29 is 33.8 Å². The van der Waals surface area contributed by atoms with E-state index in [9.17, 15) is 29.1 Å². The molecule has 1 saturated heterocycles. The van der Waals surface area contributed by atoms with Crippen LogP contribution in [0.25, 0.3) is 11.1 Å². The molecule has 4 aromatic rings. The summed E-state index contributed by atoms with van der Waals surface area (Å²) in [4.78, 5) is 63.7. The van der Waals surface area contributed by atoms with Gasteiger partial charge in [-0.25, -0.2) is 0 Å². The lowest BCUT2D eigenvalue weighted by molar-refractivity contribution is -0.136. The Bertz CT molecular complexity index is 2070. The molecular formula is C43H43ClN4O7. The number of aromatic hydroxyl groups is 1. The Kier molecular flexibility index (Phi) is 13.0. The number of allylic oxidation sites excluding steroid dienone is 1. The normalized spacial score (nSPS) is 15.7. The summed E-state index contributed by atoms with van der Waals surface area (Å²) in [6, 6.07) is 29.0. The molecular weight excluding hydrogens is 720 g/mol. The molecule has 11 nitrogen and oxygen atoms in total. The van der Waals surface area contributed by atoms with Gasteiger partial charge in [0.15, 0.2) is 0 Å². The molecule has 0 radical (unpaired) electrons. The zero-order chi connectivity index (χ0) is 38.7. The number of amides is 5. The van der Waals surface area contributed by atoms with E-state index in [1.807, 2.05) is 54.6 Å². The Labute approximate surface area is 324 Å². The van der Waals surface area contributed by atoms with Gasteiger partial charge in [-0.2, -0.15) is 0 Å². The van der Waals surface area contributed by atoms with E-state index >= 15 is 0 Å². The summed E-state index contributed by atoms with van der Waals surface area (Å²) in [5.41, 5.74) is 6.11. The quantitative estimate of drug-likeness (QED) is 0.0409. The highest BCUT2D eigenvalue weighted by molar-refractivity contribution is 6.25. The van der Waals surface area contributed by atoms with Gasteiger partial charge in [-0.15, -0.1) is 11.6 Å². The molecule has 1 fully saturated rings. The summed E-state index contributed by atoms with van der Waals surface area (Å²) in [6.45, 7) is 1.19. The number of phenolic OH excluding ortho intramolecular Hbond substituents is 1. The average molecular weight is 763 g/mol. The van der Waals surface area contributed by atoms with Gasteiger partial charge < -0.3 is 20.5 Å². The van der Waals surface area contributed by atoms with Gasteiger partial charge in [0.25, 0.3) is 11.8 Å². The Morgan fingerprint density at radius 3 is 2.24 bits per heavy atom. The van der Waals surface area contributed by atoms with E-state index < -0.39 is 29.7 Å². The van der Waals surface area contributed by atoms with Gasteiger partial charge >= 0.3 is 0 Å². The van der Waals surface area contributed by atoms with Crippen LogP contribution in [0.2, 0.25) is 0 Å². The van der Waals surface area contributed by atoms with Gasteiger partial charge in [-0.3, -0.25) is 34.2 Å². The number of rotatable bonds is 17. The lowest BCUT2D eigenvalue weighted by Crippen LogP contribution is -2.54. The molecule has 5 amide bonds. The minimum atomic E-state index is -1.02. The maximum atomic E-state index is 13.3. The number of nitrogens with zero attached hydrogens (tertiary/aromatic N) is 1. The Morgan fingerprint density at radius 2 is 1.53 bits per heavy atom. The van der Waals surface area contributed by atoms with Gasteiger partial charge in [-0.05, 0) is 89.9 Å². The monoisotopic (exact) mass is 762 g/mol. The average Bonchev–Trinajstić information content (AvgIpc) is 3.45. The highest BCUT2D eigenvalue weighted by atomic mass is 35.5. The molecule has 2 heterocycles. The van der Waals surface area contributed by atoms with Crippen LogP contribution in [0.4, 0.5) is 5.69 Å². The number of halogens is 1. The first-order chi connectivity index (χ1) is 26.7. The number of alkyl halides is 1. The van der Waals surface area contributed by atoms with Gasteiger partial charge in [0.2, 0.25) is 17.7 Å². The summed E-state index contributed by atoms with van der Waals surface area (Å²) in [7, 11) is 0. The number of imide groups is 2. The highest BCUT2D eigenvalue weighted by Crippen LogP contribution is 2.36. The lowest BCUT2D eigenvalue weighted by atomic mass is 9.88. The number of ether oxygens (including phenoxy) is 1. The maximum Gasteiger partial charge on any atom is 0.264 e. The van der Waals surface area contributed by atoms with Crippen molar-refractivity contribution in [1.29, 1.82) is 0 Å². The molecule has 55 heavy (non-hydrogen) atoms. The molecule has 1 atom stereocenters. The van der Waals surface area contributed by atoms with E-state index in [1.54, 1.807) is 30.3 Å². The number of unbranched alkanes of at least 4 members (excludes halogenated alkanes) is 2. The second-order valence-electron chi connectivity index (χ2n) is 13.3. The SMILES string of the molecule is O=C(CCCCCNc1cccc2c1C(=O)N(C1CCC(=O)NC1=O)C2=O)NCCOc1ccc(C(=C(CCCl)c2ccccc2)c2ccc(O)cc2)cc1. The van der Waals surface area contributed by atoms with E-state index in [0.717, 1.165) is 45.6 Å². The number of anilines is 1. The molecule has 284 valence electrons. The zero-order valence-electron chi connectivity index (χ0n) is 30.3. The number of fused-ring (bicyclic) bond motifs is 1. The van der Waals surface area contributed by atoms with E-state index in [-0.39, 0.29) is 35.6 Å². The molecule has 0 bridgehead atoms. The molecule has 2 aliphatic heterocycles. The second kappa shape index (κ2) is 18.4. The molecule has 6 rings (SSSR count). The van der Waals surface area contributed by atoms with Crippen LogP contribution in [-0.4, -0.2) is 71.2 Å². The minimum absolute atomic E-state index is 0.0612. The summed E-state index contributed by atoms with van der Waals surface area (Å²) < 4.78 is 5.93. The van der Waals surface area contributed by atoms with Crippen molar-refractivity contribution in [3.8, 4) is 11.5 Å². The first-order valence-electron chi connectivity index (χ1n) is 18.5. The third kappa shape index (κ3) is 9.42. The van der Waals surface area contributed by atoms with Crippen LogP contribution in [0, 0.1) is 0 Å². The molecule has 4 aromatic carbocycles. The van der Waals surface area contributed by atoms with Gasteiger partial charge in [-0.1, -0.05) is 67.1 Å². The van der Waals surface area contributed by atoms with Crippen molar-refractivity contribution in [3.63, 3.8) is 0 Å². The Balaban J connectivity index is 0.934. The Morgan fingerprint density at radius 1 is 0.800 bits per heavy atom. The fourth-order valence-electron chi connectivity index (χ4n) is 6.93. The Hall–Kier alpha value is -5.94. The van der Waals surface area contributed by atoms with Crippen molar-refractivity contribution in [2.75, 3.05) is 30.9 Å². The highest BCUT2D eigenvalue weighted by Gasteiger charge is 2.45. The van der Waals surface area contributed by atoms with Crippen LogP contribution in [0.3, 0.4) is 0 Å². The summed E-state index contributed by atoms with van der Waals surface area (Å²) in [5.74, 6) is -0.906. The van der Waals surface area contributed by atoms with Crippen molar-refractivity contribution in [3.05, 3.63) is 125 Å². The van der Waals surface area contributed by atoms with Crippen molar-refractivity contribution >= 4 is 58.0 Å². The van der Waals surface area contributed by atoms with Crippen molar-refractivity contribution in [2.45, 2.75) is 51.0 Å². The summed E-state index contributed by atoms with van der Waals surface area (Å²) >= 11 is 6.27. The summed E-state index contributed by atoms with van der Waals surface area (Å²) in [6.07, 6.45) is 3.36. The summed E-state index contributed by atoms with van der Waals surface area (Å²) in [5, 5.41) is 18.3. The zero-order valence-corrected chi connectivity index (χ0v) is 31.1. The molecule has 2 aliphatic rings. The second-order valence-corrected chi connectivity index (χ2v) is 13.7. The fourth-order valence-corrected chi connectivity index (χ4v) is 7.12. The van der Waals surface area contributed by atoms with Gasteiger partial charge in [0.05, 0.1) is 17.7 Å². The molecule has 0 saturated carbocycles. The van der Waals surface area contributed by atoms with Crippen LogP contribution in [0.15, 0.2) is 97.1 Å². The van der Waals surface area contributed by atoms with Gasteiger partial charge in [0.1, 0.15) is 24.1 Å². The van der Waals surface area contributed by atoms with Crippen LogP contribution in [0.1, 0.15) is 82.4 Å². The third-order valence-electron chi connectivity index (χ3n) is 9.62. The smallest absolute Gasteiger partial charge is 0.264 e. The topological polar surface area (TPSA) is 154 Å². The minimum Gasteiger partial charge on any atom is -0.508 e. The van der Waals surface area contributed by atoms with Crippen molar-refractivity contribution in [1.82, 2.24) is 15.5 Å². The van der Waals surface area contributed by atoms with Crippen LogP contribution in [-0.2, 0) is 14.4 Å². The van der Waals surface area contributed by atoms with E-state index in [4.69, 9.17) is 16.3 Å². The van der Waals surface area contributed by atoms with Crippen LogP contribution >= 0.6 is 11.6 Å². The van der Waals surface area contributed by atoms with Crippen molar-refractivity contribution in [2.24, 2.45) is 0 Å². The first kappa shape index (κ1) is 38.8. The maximum absolute atomic E-state index is 13.3. The molecule has 4 N–H and O–H groups in total. The lowest BCUT2D eigenvalue weighted by Gasteiger charge is -2.27. The van der Waals surface area contributed by atoms with Crippen LogP contribution in [0.5, 0.6) is 11.5 Å². The number of piperidine rings is 1.